The highest BCUT2D eigenvalue weighted by Crippen LogP contribution is 2.22. The molecule has 138 valence electrons. The van der Waals surface area contributed by atoms with Gasteiger partial charge in [-0.3, -0.25) is 0 Å². The van der Waals surface area contributed by atoms with Gasteiger partial charge in [-0.05, 0) is 56.0 Å². The van der Waals surface area contributed by atoms with Gasteiger partial charge in [-0.2, -0.15) is 0 Å². The maximum atomic E-state index is 5.39. The Hall–Kier alpha value is 0.960. The van der Waals surface area contributed by atoms with Crippen molar-refractivity contribution < 1.29 is 0 Å². The molecular formula is C12H22N4S8. The van der Waals surface area contributed by atoms with Crippen LogP contribution in [0.5, 0.6) is 0 Å². The van der Waals surface area contributed by atoms with Gasteiger partial charge in [0.05, 0.1) is 0 Å². The van der Waals surface area contributed by atoms with Crippen LogP contribution in [0.2, 0.25) is 0 Å². The van der Waals surface area contributed by atoms with Crippen LogP contribution in [0, 0.1) is 0 Å². The Kier molecular flexibility index (Phi) is 18.1. The van der Waals surface area contributed by atoms with Crippen molar-refractivity contribution in [3.8, 4) is 0 Å². The van der Waals surface area contributed by atoms with E-state index in [0.29, 0.717) is 8.64 Å². The summed E-state index contributed by atoms with van der Waals surface area (Å²) < 4.78 is 2.28. The molecule has 6 N–H and O–H groups in total. The first-order valence-corrected chi connectivity index (χ1v) is 13.2. The summed E-state index contributed by atoms with van der Waals surface area (Å²) in [6.45, 7) is 1.80. The SMILES string of the molecule is NC(=S)SSC(=S)NCCCCCCCCNC(=S)SSC(N)=S. The third-order valence-electron chi connectivity index (χ3n) is 2.54. The fourth-order valence-corrected chi connectivity index (χ4v) is 4.92. The molecule has 0 aromatic heterocycles. The average molecular weight is 479 g/mol. The van der Waals surface area contributed by atoms with Gasteiger partial charge < -0.3 is 22.1 Å². The highest BCUT2D eigenvalue weighted by molar-refractivity contribution is 8.90. The third kappa shape index (κ3) is 19.3. The molecule has 0 radical (unpaired) electrons. The number of rotatable bonds is 9. The minimum atomic E-state index is 0.402. The molecule has 0 aliphatic carbocycles. The van der Waals surface area contributed by atoms with E-state index in [0.717, 1.165) is 34.6 Å². The van der Waals surface area contributed by atoms with Crippen molar-refractivity contribution in [2.75, 3.05) is 13.1 Å². The molecule has 4 nitrogen and oxygen atoms in total. The number of nitrogens with two attached hydrogens (primary N) is 2. The molecule has 0 saturated carbocycles. The maximum absolute atomic E-state index is 5.39. The van der Waals surface area contributed by atoms with Crippen molar-refractivity contribution in [2.24, 2.45) is 11.5 Å². The van der Waals surface area contributed by atoms with E-state index in [9.17, 15) is 0 Å². The molecule has 0 rings (SSSR count). The Morgan fingerprint density at radius 1 is 0.583 bits per heavy atom. The molecule has 0 aromatic rings. The van der Waals surface area contributed by atoms with Gasteiger partial charge >= 0.3 is 0 Å². The molecule has 0 unspecified atom stereocenters. The predicted molar refractivity (Wildman–Crippen MR) is 133 cm³/mol. The number of hydrogen-bond acceptors (Lipinski definition) is 8. The van der Waals surface area contributed by atoms with Crippen LogP contribution >= 0.6 is 92.0 Å². The van der Waals surface area contributed by atoms with Crippen molar-refractivity contribution >= 4 is 109 Å². The van der Waals surface area contributed by atoms with Crippen molar-refractivity contribution in [3.05, 3.63) is 0 Å². The molecule has 0 bridgehead atoms. The first-order valence-electron chi connectivity index (χ1n) is 7.25. The van der Waals surface area contributed by atoms with Crippen molar-refractivity contribution in [3.63, 3.8) is 0 Å². The molecule has 0 fully saturated rings. The zero-order valence-electron chi connectivity index (χ0n) is 13.1. The molecule has 0 aromatic carbocycles. The number of nitrogens with one attached hydrogen (secondary N) is 2. The van der Waals surface area contributed by atoms with E-state index in [1.165, 1.54) is 68.9 Å². The van der Waals surface area contributed by atoms with Crippen LogP contribution in [-0.4, -0.2) is 30.4 Å². The van der Waals surface area contributed by atoms with Crippen LogP contribution in [0.15, 0.2) is 0 Å². The van der Waals surface area contributed by atoms with Crippen LogP contribution in [-0.2, 0) is 0 Å². The Bertz CT molecular complexity index is 380. The molecule has 0 heterocycles. The van der Waals surface area contributed by atoms with Gasteiger partial charge in [0.25, 0.3) is 0 Å². The standard InChI is InChI=1S/C12H22N4S8/c13-9(17)21-23-11(19)15-7-5-3-1-2-4-6-8-16-12(20)24-22-10(14)18/h1-8H2,(H2,13,17)(H2,14,18)(H,15,19)(H,16,20). The fraction of sp³-hybridized carbons (Fsp3) is 0.667. The van der Waals surface area contributed by atoms with E-state index in [-0.39, 0.29) is 0 Å². The fourth-order valence-electron chi connectivity index (χ4n) is 1.55. The van der Waals surface area contributed by atoms with E-state index in [2.05, 4.69) is 10.6 Å². The van der Waals surface area contributed by atoms with Crippen LogP contribution < -0.4 is 22.1 Å². The normalized spacial score (nSPS) is 10.2. The maximum Gasteiger partial charge on any atom is 0.144 e. The summed E-state index contributed by atoms with van der Waals surface area (Å²) in [5.41, 5.74) is 10.8. The summed E-state index contributed by atoms with van der Waals surface area (Å²) >= 11 is 19.9. The molecular weight excluding hydrogens is 457 g/mol. The van der Waals surface area contributed by atoms with Crippen LogP contribution in [0.1, 0.15) is 38.5 Å². The summed E-state index contributed by atoms with van der Waals surface area (Å²) in [5.74, 6) is 0. The highest BCUT2D eigenvalue weighted by Gasteiger charge is 2.00. The van der Waals surface area contributed by atoms with Gasteiger partial charge in [-0.25, -0.2) is 0 Å². The lowest BCUT2D eigenvalue weighted by atomic mass is 10.1. The van der Waals surface area contributed by atoms with Crippen molar-refractivity contribution in [1.82, 2.24) is 10.6 Å². The van der Waals surface area contributed by atoms with Crippen molar-refractivity contribution in [2.45, 2.75) is 38.5 Å². The molecule has 0 aliphatic rings. The quantitative estimate of drug-likeness (QED) is 0.216. The highest BCUT2D eigenvalue weighted by atomic mass is 33.1. The zero-order chi connectivity index (χ0) is 18.2. The molecule has 0 saturated heterocycles. The second-order valence-corrected chi connectivity index (χ2v) is 11.6. The van der Waals surface area contributed by atoms with Gasteiger partial charge in [0.1, 0.15) is 17.3 Å². The van der Waals surface area contributed by atoms with Crippen LogP contribution in [0.3, 0.4) is 0 Å². The van der Waals surface area contributed by atoms with E-state index < -0.39 is 0 Å². The predicted octanol–water partition coefficient (Wildman–Crippen LogP) is 4.33. The molecule has 0 spiro atoms. The minimum absolute atomic E-state index is 0.402. The van der Waals surface area contributed by atoms with Crippen molar-refractivity contribution in [1.29, 1.82) is 0 Å². The molecule has 0 amide bonds. The lowest BCUT2D eigenvalue weighted by molar-refractivity contribution is 0.588. The summed E-state index contributed by atoms with van der Waals surface area (Å²) in [4.78, 5) is 0. The van der Waals surface area contributed by atoms with Gasteiger partial charge in [-0.1, -0.05) is 74.6 Å². The Morgan fingerprint density at radius 3 is 1.25 bits per heavy atom. The average Bonchev–Trinajstić information content (AvgIpc) is 2.52. The summed E-state index contributed by atoms with van der Waals surface area (Å²) in [6.07, 6.45) is 7.12. The second kappa shape index (κ2) is 17.4. The van der Waals surface area contributed by atoms with Crippen LogP contribution in [0.25, 0.3) is 0 Å². The van der Waals surface area contributed by atoms with Gasteiger partial charge in [0.2, 0.25) is 0 Å². The van der Waals surface area contributed by atoms with E-state index >= 15 is 0 Å². The largest absolute Gasteiger partial charge is 0.384 e. The third-order valence-corrected chi connectivity index (χ3v) is 8.76. The molecule has 0 aliphatic heterocycles. The Balaban J connectivity index is 3.28. The van der Waals surface area contributed by atoms with E-state index in [1.807, 2.05) is 0 Å². The lowest BCUT2D eigenvalue weighted by Crippen LogP contribution is -2.19. The molecule has 24 heavy (non-hydrogen) atoms. The van der Waals surface area contributed by atoms with Gasteiger partial charge in [0.15, 0.2) is 0 Å². The summed E-state index contributed by atoms with van der Waals surface area (Å²) in [6, 6.07) is 0. The zero-order valence-corrected chi connectivity index (χ0v) is 19.6. The second-order valence-electron chi connectivity index (χ2n) is 4.52. The minimum Gasteiger partial charge on any atom is -0.384 e. The van der Waals surface area contributed by atoms with E-state index in [1.54, 1.807) is 0 Å². The number of hydrogen-bond donors (Lipinski definition) is 4. The number of thiocarbonyl (C=S) groups is 4. The first kappa shape index (κ1) is 25.0. The monoisotopic (exact) mass is 478 g/mol. The smallest absolute Gasteiger partial charge is 0.144 e. The molecule has 0 atom stereocenters. The lowest BCUT2D eigenvalue weighted by Gasteiger charge is -2.07. The first-order chi connectivity index (χ1) is 11.4. The Morgan fingerprint density at radius 2 is 0.917 bits per heavy atom. The van der Waals surface area contributed by atoms with Gasteiger partial charge in [0, 0.05) is 13.1 Å². The van der Waals surface area contributed by atoms with Gasteiger partial charge in [-0.15, -0.1) is 0 Å². The summed E-state index contributed by atoms with van der Waals surface area (Å²) in [7, 11) is 5.44. The summed E-state index contributed by atoms with van der Waals surface area (Å²) in [5, 5.41) is 6.39. The Labute approximate surface area is 181 Å². The van der Waals surface area contributed by atoms with E-state index in [4.69, 9.17) is 60.3 Å². The number of unbranched alkanes of at least 4 members (excludes halogenated alkanes) is 5. The topological polar surface area (TPSA) is 76.1 Å². The molecule has 12 heteroatoms. The van der Waals surface area contributed by atoms with Crippen LogP contribution in [0.4, 0.5) is 0 Å².